The summed E-state index contributed by atoms with van der Waals surface area (Å²) in [6.07, 6.45) is -1.99. The molecule has 0 N–H and O–H groups in total. The molecule has 2 saturated heterocycles. The second-order valence-corrected chi connectivity index (χ2v) is 10.7. The molecule has 0 aliphatic carbocycles. The first kappa shape index (κ1) is 23.9. The number of halogens is 3. The summed E-state index contributed by atoms with van der Waals surface area (Å²) in [7, 11) is 0. The smallest absolute Gasteiger partial charge is 0.376 e. The van der Waals surface area contributed by atoms with Gasteiger partial charge < -0.3 is 14.2 Å². The lowest BCUT2D eigenvalue weighted by Gasteiger charge is -2.48. The third kappa shape index (κ3) is 5.18. The number of fused-ring (bicyclic) bond motifs is 1. The first-order valence-electron chi connectivity index (χ1n) is 15.0. The minimum atomic E-state index is -4.39. The summed E-state index contributed by atoms with van der Waals surface area (Å²) in [4.78, 5) is 26.7. The van der Waals surface area contributed by atoms with Crippen LogP contribution in [0.25, 0.3) is 11.2 Å². The zero-order chi connectivity index (χ0) is 30.6. The molecule has 2 aliphatic rings. The Morgan fingerprint density at radius 1 is 1.21 bits per heavy atom. The molecule has 0 bridgehead atoms. The van der Waals surface area contributed by atoms with Gasteiger partial charge in [0.25, 0.3) is 0 Å². The van der Waals surface area contributed by atoms with Crippen molar-refractivity contribution in [3.8, 4) is 0 Å². The van der Waals surface area contributed by atoms with E-state index in [1.807, 2.05) is 25.7 Å². The number of aryl methyl sites for hydroxylation is 2. The third-order valence-corrected chi connectivity index (χ3v) is 8.20. The number of nitrogens with zero attached hydrogens (tertiary/aromatic N) is 6. The lowest BCUT2D eigenvalue weighted by molar-refractivity contribution is -0.137. The molecule has 11 heteroatoms. The van der Waals surface area contributed by atoms with E-state index in [1.165, 1.54) is 12.1 Å². The van der Waals surface area contributed by atoms with E-state index < -0.39 is 24.4 Å². The molecule has 0 saturated carbocycles. The van der Waals surface area contributed by atoms with Crippen LogP contribution in [0.2, 0.25) is 0 Å². The molecule has 5 rings (SSSR count). The molecule has 3 aromatic rings. The van der Waals surface area contributed by atoms with Crippen LogP contribution in [0.15, 0.2) is 29.1 Å². The van der Waals surface area contributed by atoms with Gasteiger partial charge in [-0.05, 0) is 57.7 Å². The maximum Gasteiger partial charge on any atom is 0.416 e. The second kappa shape index (κ2) is 10.6. The van der Waals surface area contributed by atoms with Crippen LogP contribution in [0.4, 0.5) is 19.0 Å². The Kier molecular flexibility index (Phi) is 6.49. The minimum absolute atomic E-state index is 0.00420. The SMILES string of the molecule is [2H]C([2H])([2H])n1c(=O)nc(N2C[C@@H](CC)N(C(C)c3ccc(C(F)(F)F)cc3)C[C@@H]2C)c2nc(C)n(C[C@@H]3CCCO3)c21. The fourth-order valence-electron chi connectivity index (χ4n) is 5.96. The first-order chi connectivity index (χ1) is 19.7. The van der Waals surface area contributed by atoms with Gasteiger partial charge in [-0.3, -0.25) is 9.47 Å². The van der Waals surface area contributed by atoms with Gasteiger partial charge in [0.2, 0.25) is 0 Å². The number of hydrogen-bond acceptors (Lipinski definition) is 6. The van der Waals surface area contributed by atoms with Gasteiger partial charge in [-0.15, -0.1) is 0 Å². The lowest BCUT2D eigenvalue weighted by atomic mass is 9.98. The van der Waals surface area contributed by atoms with Crippen LogP contribution >= 0.6 is 0 Å². The summed E-state index contributed by atoms with van der Waals surface area (Å²) < 4.78 is 72.0. The van der Waals surface area contributed by atoms with E-state index in [4.69, 9.17) is 13.8 Å². The fraction of sp³-hybridized carbons (Fsp3) is 0.607. The van der Waals surface area contributed by atoms with Crippen LogP contribution in [0.1, 0.15) is 67.1 Å². The number of rotatable bonds is 6. The topological polar surface area (TPSA) is 68.4 Å². The molecule has 39 heavy (non-hydrogen) atoms. The third-order valence-electron chi connectivity index (χ3n) is 8.20. The molecule has 2 fully saturated rings. The predicted molar refractivity (Wildman–Crippen MR) is 144 cm³/mol. The Balaban J connectivity index is 1.51. The molecule has 0 radical (unpaired) electrons. The summed E-state index contributed by atoms with van der Waals surface area (Å²) >= 11 is 0. The summed E-state index contributed by atoms with van der Waals surface area (Å²) in [6.45, 7) is 7.12. The van der Waals surface area contributed by atoms with Gasteiger partial charge in [0.15, 0.2) is 5.82 Å². The first-order valence-corrected chi connectivity index (χ1v) is 13.5. The number of piperazine rings is 1. The molecule has 212 valence electrons. The number of alkyl halides is 3. The van der Waals surface area contributed by atoms with Crippen molar-refractivity contribution in [3.05, 3.63) is 51.7 Å². The van der Waals surface area contributed by atoms with Gasteiger partial charge in [-0.2, -0.15) is 18.2 Å². The van der Waals surface area contributed by atoms with E-state index in [0.29, 0.717) is 43.4 Å². The van der Waals surface area contributed by atoms with Gasteiger partial charge in [-0.1, -0.05) is 19.1 Å². The molecule has 0 amide bonds. The van der Waals surface area contributed by atoms with Crippen LogP contribution in [0, 0.1) is 6.92 Å². The van der Waals surface area contributed by atoms with Crippen LogP contribution in [-0.2, 0) is 24.4 Å². The predicted octanol–water partition coefficient (Wildman–Crippen LogP) is 4.69. The highest BCUT2D eigenvalue weighted by Gasteiger charge is 2.37. The Labute approximate surface area is 230 Å². The van der Waals surface area contributed by atoms with Crippen molar-refractivity contribution in [1.29, 1.82) is 0 Å². The van der Waals surface area contributed by atoms with Crippen molar-refractivity contribution in [3.63, 3.8) is 0 Å². The summed E-state index contributed by atoms with van der Waals surface area (Å²) in [5.41, 5.74) is -0.205. The average Bonchev–Trinajstić information content (AvgIpc) is 3.55. The Morgan fingerprint density at radius 3 is 2.56 bits per heavy atom. The van der Waals surface area contributed by atoms with Gasteiger partial charge in [0.1, 0.15) is 17.0 Å². The summed E-state index contributed by atoms with van der Waals surface area (Å²) in [5, 5.41) is 0. The molecular weight excluding hydrogens is 509 g/mol. The van der Waals surface area contributed by atoms with Crippen LogP contribution in [-0.4, -0.2) is 61.9 Å². The van der Waals surface area contributed by atoms with Crippen molar-refractivity contribution in [2.45, 2.75) is 83.9 Å². The quantitative estimate of drug-likeness (QED) is 0.445. The van der Waals surface area contributed by atoms with Crippen molar-refractivity contribution >= 4 is 17.0 Å². The Morgan fingerprint density at radius 2 is 1.95 bits per heavy atom. The maximum atomic E-state index is 13.4. The van der Waals surface area contributed by atoms with Gasteiger partial charge in [0, 0.05) is 48.9 Å². The molecule has 8 nitrogen and oxygen atoms in total. The monoisotopic (exact) mass is 549 g/mol. The molecule has 2 aromatic heterocycles. The highest BCUT2D eigenvalue weighted by Crippen LogP contribution is 2.35. The van der Waals surface area contributed by atoms with E-state index in [9.17, 15) is 18.0 Å². The summed E-state index contributed by atoms with van der Waals surface area (Å²) in [6, 6.07) is 4.99. The number of imidazole rings is 1. The standard InChI is InChI=1S/C28H37F3N6O2/c1-6-22-15-35(17(2)14-36(22)18(3)20-9-11-21(12-10-20)28(29,30)31)25-24-26(34(5)27(38)33-25)37(19(4)32-24)16-23-8-7-13-39-23/h9-12,17-18,22-23H,6-8,13-16H2,1-5H3/t17-,18?,22+,23-/m0/s1/i5D3. The summed E-state index contributed by atoms with van der Waals surface area (Å²) in [5.74, 6) is 0.916. The molecular formula is C28H37F3N6O2. The van der Waals surface area contributed by atoms with Crippen molar-refractivity contribution in [1.82, 2.24) is 24.0 Å². The van der Waals surface area contributed by atoms with E-state index in [0.717, 1.165) is 41.5 Å². The normalized spacial score (nSPS) is 25.1. The van der Waals surface area contributed by atoms with Crippen molar-refractivity contribution in [2.24, 2.45) is 6.98 Å². The number of aromatic nitrogens is 4. The highest BCUT2D eigenvalue weighted by atomic mass is 19.4. The largest absolute Gasteiger partial charge is 0.416 e. The van der Waals surface area contributed by atoms with Crippen molar-refractivity contribution in [2.75, 3.05) is 24.6 Å². The fourth-order valence-corrected chi connectivity index (χ4v) is 5.96. The zero-order valence-electron chi connectivity index (χ0n) is 25.7. The molecule has 4 atom stereocenters. The molecule has 1 aromatic carbocycles. The van der Waals surface area contributed by atoms with Crippen LogP contribution < -0.4 is 10.6 Å². The zero-order valence-corrected chi connectivity index (χ0v) is 22.7. The van der Waals surface area contributed by atoms with Crippen LogP contribution in [0.3, 0.4) is 0 Å². The Bertz CT molecular complexity index is 1480. The lowest BCUT2D eigenvalue weighted by Crippen LogP contribution is -2.58. The van der Waals surface area contributed by atoms with Gasteiger partial charge in [0.05, 0.1) is 18.2 Å². The van der Waals surface area contributed by atoms with E-state index >= 15 is 0 Å². The van der Waals surface area contributed by atoms with E-state index in [2.05, 4.69) is 9.88 Å². The highest BCUT2D eigenvalue weighted by molar-refractivity contribution is 5.84. The van der Waals surface area contributed by atoms with Crippen LogP contribution in [0.5, 0.6) is 0 Å². The van der Waals surface area contributed by atoms with E-state index in [1.54, 1.807) is 11.5 Å². The van der Waals surface area contributed by atoms with Crippen molar-refractivity contribution < 1.29 is 22.0 Å². The van der Waals surface area contributed by atoms with E-state index in [-0.39, 0.29) is 29.9 Å². The number of ether oxygens (including phenoxy) is 1. The molecule has 2 aliphatic heterocycles. The number of hydrogen-bond donors (Lipinski definition) is 0. The molecule has 0 spiro atoms. The number of anilines is 1. The minimum Gasteiger partial charge on any atom is -0.376 e. The molecule has 4 heterocycles. The van der Waals surface area contributed by atoms with Gasteiger partial charge >= 0.3 is 11.9 Å². The second-order valence-electron chi connectivity index (χ2n) is 10.7. The Hall–Kier alpha value is -2.92. The molecule has 1 unspecified atom stereocenters. The maximum absolute atomic E-state index is 13.4. The van der Waals surface area contributed by atoms with Gasteiger partial charge in [-0.25, -0.2) is 9.78 Å². The average molecular weight is 550 g/mol. The number of benzene rings is 1.